The van der Waals surface area contributed by atoms with Crippen LogP contribution in [-0.4, -0.2) is 27.3 Å². The molecule has 0 atom stereocenters. The number of methoxy groups -OCH3 is 1. The SMILES string of the molecule is COc1cc(S(=O)(=O)OC(=O)CC(C)=O)c(C)cc1N. The van der Waals surface area contributed by atoms with E-state index < -0.39 is 28.3 Å². The third-order valence-electron chi connectivity index (χ3n) is 2.39. The number of carbonyl (C=O) groups is 2. The predicted molar refractivity (Wildman–Crippen MR) is 70.7 cm³/mol. The number of ketones is 1. The molecule has 0 saturated heterocycles. The van der Waals surface area contributed by atoms with Gasteiger partial charge in [-0.25, -0.2) is 0 Å². The third-order valence-corrected chi connectivity index (χ3v) is 3.78. The standard InChI is InChI=1S/C12H15NO6S/c1-7-4-9(13)10(18-3)6-11(7)20(16,17)19-12(15)5-8(2)14/h4,6H,5,13H2,1-3H3. The minimum atomic E-state index is -4.32. The summed E-state index contributed by atoms with van der Waals surface area (Å²) in [5.74, 6) is -1.47. The van der Waals surface area contributed by atoms with Crippen molar-refractivity contribution in [2.24, 2.45) is 0 Å². The fraction of sp³-hybridized carbons (Fsp3) is 0.333. The van der Waals surface area contributed by atoms with Crippen LogP contribution in [0.4, 0.5) is 5.69 Å². The number of anilines is 1. The lowest BCUT2D eigenvalue weighted by Crippen LogP contribution is -2.16. The summed E-state index contributed by atoms with van der Waals surface area (Å²) in [5, 5.41) is 0. The normalized spacial score (nSPS) is 10.9. The first-order valence-electron chi connectivity index (χ1n) is 5.58. The Morgan fingerprint density at radius 1 is 1.30 bits per heavy atom. The molecule has 0 aliphatic rings. The highest BCUT2D eigenvalue weighted by Crippen LogP contribution is 2.29. The Morgan fingerprint density at radius 2 is 1.90 bits per heavy atom. The molecule has 0 aliphatic carbocycles. The van der Waals surface area contributed by atoms with Gasteiger partial charge in [-0.05, 0) is 25.5 Å². The van der Waals surface area contributed by atoms with Crippen LogP contribution in [0.25, 0.3) is 0 Å². The van der Waals surface area contributed by atoms with Gasteiger partial charge in [0.2, 0.25) is 0 Å². The topological polar surface area (TPSA) is 113 Å². The van der Waals surface area contributed by atoms with Crippen molar-refractivity contribution in [3.05, 3.63) is 17.7 Å². The molecule has 20 heavy (non-hydrogen) atoms. The Hall–Kier alpha value is -2.09. The Morgan fingerprint density at radius 3 is 2.40 bits per heavy atom. The van der Waals surface area contributed by atoms with Crippen molar-refractivity contribution < 1.29 is 26.9 Å². The van der Waals surface area contributed by atoms with Crippen LogP contribution in [0.5, 0.6) is 5.75 Å². The number of aryl methyl sites for hydroxylation is 1. The summed E-state index contributed by atoms with van der Waals surface area (Å²) < 4.78 is 33.2. The lowest BCUT2D eigenvalue weighted by molar-refractivity contribution is -0.136. The largest absolute Gasteiger partial charge is 0.495 e. The van der Waals surface area contributed by atoms with Gasteiger partial charge in [-0.15, -0.1) is 0 Å². The minimum absolute atomic E-state index is 0.150. The molecule has 0 heterocycles. The van der Waals surface area contributed by atoms with Crippen LogP contribution in [0.1, 0.15) is 18.9 Å². The number of ether oxygens (including phenoxy) is 1. The summed E-state index contributed by atoms with van der Waals surface area (Å²) >= 11 is 0. The number of Topliss-reactive ketones (excluding diaryl/α,β-unsaturated/α-hetero) is 1. The zero-order valence-electron chi connectivity index (χ0n) is 11.3. The second kappa shape index (κ2) is 5.91. The Balaban J connectivity index is 3.16. The molecular formula is C12H15NO6S. The van der Waals surface area contributed by atoms with E-state index in [1.807, 2.05) is 0 Å². The molecule has 0 spiro atoms. The molecule has 2 N–H and O–H groups in total. The van der Waals surface area contributed by atoms with E-state index in [0.717, 1.165) is 6.92 Å². The van der Waals surface area contributed by atoms with Crippen LogP contribution in [0.2, 0.25) is 0 Å². The lowest BCUT2D eigenvalue weighted by atomic mass is 10.2. The van der Waals surface area contributed by atoms with Crippen LogP contribution in [0.3, 0.4) is 0 Å². The Labute approximate surface area is 116 Å². The van der Waals surface area contributed by atoms with Gasteiger partial charge >= 0.3 is 16.1 Å². The highest BCUT2D eigenvalue weighted by molar-refractivity contribution is 7.87. The molecule has 1 rings (SSSR count). The fourth-order valence-electron chi connectivity index (χ4n) is 1.54. The van der Waals surface area contributed by atoms with Gasteiger partial charge in [0, 0.05) is 6.07 Å². The first-order valence-corrected chi connectivity index (χ1v) is 6.99. The van der Waals surface area contributed by atoms with Crippen molar-refractivity contribution in [1.29, 1.82) is 0 Å². The average Bonchev–Trinajstić information content (AvgIpc) is 2.26. The summed E-state index contributed by atoms with van der Waals surface area (Å²) in [7, 11) is -2.99. The molecule has 0 radical (unpaired) electrons. The van der Waals surface area contributed by atoms with Crippen molar-refractivity contribution in [2.75, 3.05) is 12.8 Å². The number of carbonyl (C=O) groups excluding carboxylic acids is 2. The summed E-state index contributed by atoms with van der Waals surface area (Å²) in [4.78, 5) is 21.8. The van der Waals surface area contributed by atoms with Gasteiger partial charge in [0.25, 0.3) is 0 Å². The Bertz CT molecular complexity index is 650. The van der Waals surface area contributed by atoms with Crippen molar-refractivity contribution in [2.45, 2.75) is 25.2 Å². The van der Waals surface area contributed by atoms with E-state index in [0.29, 0.717) is 5.56 Å². The van der Waals surface area contributed by atoms with Gasteiger partial charge in [-0.1, -0.05) is 0 Å². The quantitative estimate of drug-likeness (QED) is 0.486. The molecule has 0 saturated carbocycles. The third kappa shape index (κ3) is 3.70. The molecule has 0 fully saturated rings. The van der Waals surface area contributed by atoms with E-state index in [9.17, 15) is 18.0 Å². The molecule has 0 amide bonds. The van der Waals surface area contributed by atoms with Gasteiger partial charge in [-0.3, -0.25) is 9.59 Å². The van der Waals surface area contributed by atoms with Crippen molar-refractivity contribution in [3.8, 4) is 5.75 Å². The molecule has 110 valence electrons. The predicted octanol–water partition coefficient (Wildman–Crippen LogP) is 0.797. The molecule has 1 aromatic rings. The number of benzene rings is 1. The van der Waals surface area contributed by atoms with Crippen LogP contribution in [0.15, 0.2) is 17.0 Å². The zero-order valence-corrected chi connectivity index (χ0v) is 12.1. The summed E-state index contributed by atoms with van der Waals surface area (Å²) in [6.07, 6.45) is -0.607. The second-order valence-electron chi connectivity index (χ2n) is 4.15. The van der Waals surface area contributed by atoms with Gasteiger partial charge < -0.3 is 14.7 Å². The maximum Gasteiger partial charge on any atom is 0.342 e. The summed E-state index contributed by atoms with van der Waals surface area (Å²) in [5.41, 5.74) is 6.21. The van der Waals surface area contributed by atoms with Gasteiger partial charge in [0.05, 0.1) is 12.8 Å². The number of nitrogens with two attached hydrogens (primary N) is 1. The van der Waals surface area contributed by atoms with E-state index in [1.54, 1.807) is 0 Å². The molecule has 0 unspecified atom stereocenters. The maximum absolute atomic E-state index is 12.0. The van der Waals surface area contributed by atoms with E-state index in [1.165, 1.54) is 26.2 Å². The fourth-order valence-corrected chi connectivity index (χ4v) is 2.64. The number of hydrogen-bond donors (Lipinski definition) is 1. The summed E-state index contributed by atoms with van der Waals surface area (Å²) in [6.45, 7) is 2.66. The average molecular weight is 301 g/mol. The van der Waals surface area contributed by atoms with Crippen LogP contribution in [0, 0.1) is 6.92 Å². The van der Waals surface area contributed by atoms with E-state index >= 15 is 0 Å². The molecule has 1 aromatic carbocycles. The molecule has 0 bridgehead atoms. The van der Waals surface area contributed by atoms with Crippen molar-refractivity contribution in [1.82, 2.24) is 0 Å². The molecule has 7 nitrogen and oxygen atoms in total. The first-order chi connectivity index (χ1) is 9.17. The van der Waals surface area contributed by atoms with E-state index in [-0.39, 0.29) is 16.3 Å². The van der Waals surface area contributed by atoms with Gasteiger partial charge in [0.15, 0.2) is 0 Å². The highest BCUT2D eigenvalue weighted by atomic mass is 32.2. The molecule has 0 aromatic heterocycles. The monoisotopic (exact) mass is 301 g/mol. The number of rotatable bonds is 5. The minimum Gasteiger partial charge on any atom is -0.495 e. The van der Waals surface area contributed by atoms with Crippen molar-refractivity contribution >= 4 is 27.6 Å². The van der Waals surface area contributed by atoms with Gasteiger partial charge in [-0.2, -0.15) is 8.42 Å². The second-order valence-corrected chi connectivity index (χ2v) is 5.66. The highest BCUT2D eigenvalue weighted by Gasteiger charge is 2.24. The molecular weight excluding hydrogens is 286 g/mol. The zero-order chi connectivity index (χ0) is 15.5. The summed E-state index contributed by atoms with van der Waals surface area (Å²) in [6, 6.07) is 2.56. The van der Waals surface area contributed by atoms with Crippen LogP contribution < -0.4 is 10.5 Å². The first kappa shape index (κ1) is 16.0. The lowest BCUT2D eigenvalue weighted by Gasteiger charge is -2.11. The molecule has 8 heteroatoms. The van der Waals surface area contributed by atoms with Gasteiger partial charge in [0.1, 0.15) is 22.8 Å². The Kier molecular flexibility index (Phi) is 4.72. The number of nitrogen functional groups attached to an aromatic ring is 1. The molecule has 0 aliphatic heterocycles. The smallest absolute Gasteiger partial charge is 0.342 e. The van der Waals surface area contributed by atoms with E-state index in [4.69, 9.17) is 10.5 Å². The van der Waals surface area contributed by atoms with Crippen LogP contribution >= 0.6 is 0 Å². The maximum atomic E-state index is 12.0. The number of hydrogen-bond acceptors (Lipinski definition) is 7. The van der Waals surface area contributed by atoms with E-state index in [2.05, 4.69) is 4.18 Å². The van der Waals surface area contributed by atoms with Crippen molar-refractivity contribution in [3.63, 3.8) is 0 Å². The van der Waals surface area contributed by atoms with Crippen LogP contribution in [-0.2, 0) is 23.9 Å².